The molecule has 0 fully saturated rings. The van der Waals surface area contributed by atoms with Crippen LogP contribution in [-0.2, 0) is 13.0 Å². The second kappa shape index (κ2) is 6.41. The molecule has 2 aromatic heterocycles. The number of methoxy groups -OCH3 is 1. The Morgan fingerprint density at radius 2 is 2.17 bits per heavy atom. The topological polar surface area (TPSA) is 97.4 Å². The number of aliphatic hydroxyl groups excluding tert-OH is 1. The summed E-state index contributed by atoms with van der Waals surface area (Å²) in [6.07, 6.45) is 2.36. The monoisotopic (exact) mass is 349 g/mol. The number of aryl methyl sites for hydroxylation is 1. The van der Waals surface area contributed by atoms with E-state index >= 15 is 0 Å². The Hall–Kier alpha value is -2.12. The predicted octanol–water partition coefficient (Wildman–Crippen LogP) is 1.66. The molecule has 24 heavy (non-hydrogen) atoms. The fourth-order valence-corrected chi connectivity index (χ4v) is 3.40. The third kappa shape index (κ3) is 2.74. The van der Waals surface area contributed by atoms with Crippen LogP contribution in [0.3, 0.4) is 0 Å². The van der Waals surface area contributed by atoms with E-state index < -0.39 is 0 Å². The molecule has 0 spiro atoms. The van der Waals surface area contributed by atoms with Crippen molar-refractivity contribution in [1.29, 1.82) is 0 Å². The molecule has 1 aliphatic rings. The number of anilines is 2. The Morgan fingerprint density at radius 3 is 2.83 bits per heavy atom. The van der Waals surface area contributed by atoms with Gasteiger partial charge in [0.2, 0.25) is 5.95 Å². The predicted molar refractivity (Wildman–Crippen MR) is 92.5 cm³/mol. The first-order valence-corrected chi connectivity index (χ1v) is 8.02. The Kier molecular flexibility index (Phi) is 4.47. The second-order valence-corrected chi connectivity index (χ2v) is 6.25. The third-order valence-corrected chi connectivity index (χ3v) is 4.70. The zero-order chi connectivity index (χ0) is 17.4. The maximum atomic E-state index is 9.75. The van der Waals surface area contributed by atoms with Crippen molar-refractivity contribution in [1.82, 2.24) is 15.0 Å². The molecule has 0 radical (unpaired) electrons. The van der Waals surface area contributed by atoms with Crippen molar-refractivity contribution in [2.24, 2.45) is 0 Å². The van der Waals surface area contributed by atoms with E-state index in [0.29, 0.717) is 23.9 Å². The van der Waals surface area contributed by atoms with E-state index in [1.165, 1.54) is 0 Å². The van der Waals surface area contributed by atoms with Gasteiger partial charge in [0.15, 0.2) is 0 Å². The number of rotatable bonds is 4. The highest BCUT2D eigenvalue weighted by Gasteiger charge is 2.33. The number of pyridine rings is 1. The fraction of sp³-hybridized carbons (Fsp3) is 0.438. The molecule has 8 heteroatoms. The van der Waals surface area contributed by atoms with Crippen molar-refractivity contribution in [2.75, 3.05) is 24.4 Å². The molecule has 1 atom stereocenters. The van der Waals surface area contributed by atoms with E-state index in [4.69, 9.17) is 22.1 Å². The van der Waals surface area contributed by atoms with Crippen LogP contribution in [0.25, 0.3) is 0 Å². The van der Waals surface area contributed by atoms with E-state index in [2.05, 4.69) is 15.0 Å². The van der Waals surface area contributed by atoms with Gasteiger partial charge in [-0.15, -0.1) is 0 Å². The molecule has 0 aromatic carbocycles. The minimum absolute atomic E-state index is 0.0192. The van der Waals surface area contributed by atoms with Crippen LogP contribution in [0.1, 0.15) is 22.4 Å². The Morgan fingerprint density at radius 1 is 1.42 bits per heavy atom. The van der Waals surface area contributed by atoms with Gasteiger partial charge in [-0.25, -0.2) is 4.98 Å². The van der Waals surface area contributed by atoms with Gasteiger partial charge in [-0.1, -0.05) is 11.6 Å². The van der Waals surface area contributed by atoms with E-state index in [1.54, 1.807) is 13.3 Å². The van der Waals surface area contributed by atoms with Gasteiger partial charge in [0.1, 0.15) is 16.7 Å². The maximum absolute atomic E-state index is 9.75. The highest BCUT2D eigenvalue weighted by Crippen LogP contribution is 2.36. The standard InChI is InChI=1S/C16H20ClN5O2/c1-8-5-19-12(9(2)13(8)24-3)6-22-10(7-23)4-11-14(17)20-16(18)21-15(11)22/h5,10,23H,4,6-7H2,1-3H3,(H2,18,20,21). The number of nitrogens with two attached hydrogens (primary N) is 1. The van der Waals surface area contributed by atoms with Gasteiger partial charge >= 0.3 is 0 Å². The van der Waals surface area contributed by atoms with Crippen molar-refractivity contribution in [3.05, 3.63) is 33.7 Å². The molecule has 1 unspecified atom stereocenters. The molecule has 0 amide bonds. The van der Waals surface area contributed by atoms with E-state index in [1.807, 2.05) is 18.7 Å². The smallest absolute Gasteiger partial charge is 0.223 e. The summed E-state index contributed by atoms with van der Waals surface area (Å²) in [6, 6.07) is -0.137. The second-order valence-electron chi connectivity index (χ2n) is 5.89. The van der Waals surface area contributed by atoms with Gasteiger partial charge in [-0.2, -0.15) is 4.98 Å². The lowest BCUT2D eigenvalue weighted by Crippen LogP contribution is -2.35. The van der Waals surface area contributed by atoms with Crippen molar-refractivity contribution in [2.45, 2.75) is 32.9 Å². The van der Waals surface area contributed by atoms with Crippen LogP contribution in [0.2, 0.25) is 5.15 Å². The third-order valence-electron chi connectivity index (χ3n) is 4.39. The van der Waals surface area contributed by atoms with Gasteiger partial charge in [0.25, 0.3) is 0 Å². The van der Waals surface area contributed by atoms with Gasteiger partial charge in [-0.3, -0.25) is 4.98 Å². The molecule has 3 rings (SSSR count). The number of ether oxygens (including phenoxy) is 1. The summed E-state index contributed by atoms with van der Waals surface area (Å²) < 4.78 is 5.47. The Balaban J connectivity index is 2.01. The molecule has 2 aromatic rings. The molecule has 0 bridgehead atoms. The van der Waals surface area contributed by atoms with Gasteiger partial charge in [0, 0.05) is 29.3 Å². The average molecular weight is 350 g/mol. The highest BCUT2D eigenvalue weighted by molar-refractivity contribution is 6.30. The number of aromatic nitrogens is 3. The molecule has 7 nitrogen and oxygen atoms in total. The van der Waals surface area contributed by atoms with Crippen LogP contribution < -0.4 is 15.4 Å². The minimum atomic E-state index is -0.137. The number of hydrogen-bond donors (Lipinski definition) is 2. The Bertz CT molecular complexity index is 784. The molecular formula is C16H20ClN5O2. The first-order chi connectivity index (χ1) is 11.5. The van der Waals surface area contributed by atoms with Crippen LogP contribution in [-0.4, -0.2) is 39.8 Å². The van der Waals surface area contributed by atoms with Crippen LogP contribution in [0.15, 0.2) is 6.20 Å². The number of halogens is 1. The lowest BCUT2D eigenvalue weighted by atomic mass is 10.1. The Labute approximate surface area is 145 Å². The highest BCUT2D eigenvalue weighted by atomic mass is 35.5. The fourth-order valence-electron chi connectivity index (χ4n) is 3.15. The van der Waals surface area contributed by atoms with E-state index in [-0.39, 0.29) is 18.6 Å². The molecule has 3 N–H and O–H groups in total. The zero-order valence-corrected chi connectivity index (χ0v) is 14.6. The molecular weight excluding hydrogens is 330 g/mol. The molecule has 128 valence electrons. The van der Waals surface area contributed by atoms with E-state index in [0.717, 1.165) is 28.1 Å². The lowest BCUT2D eigenvalue weighted by Gasteiger charge is -2.26. The summed E-state index contributed by atoms with van der Waals surface area (Å²) >= 11 is 6.19. The van der Waals surface area contributed by atoms with Gasteiger partial charge < -0.3 is 20.5 Å². The number of nitrogen functional groups attached to an aromatic ring is 1. The summed E-state index contributed by atoms with van der Waals surface area (Å²) in [7, 11) is 1.65. The summed E-state index contributed by atoms with van der Waals surface area (Å²) in [4.78, 5) is 14.8. The van der Waals surface area contributed by atoms with Crippen LogP contribution >= 0.6 is 11.6 Å². The number of aliphatic hydroxyl groups is 1. The lowest BCUT2D eigenvalue weighted by molar-refractivity contribution is 0.262. The molecule has 0 saturated heterocycles. The first kappa shape index (κ1) is 16.7. The number of hydrogen-bond acceptors (Lipinski definition) is 7. The van der Waals surface area contributed by atoms with Gasteiger partial charge in [-0.05, 0) is 13.8 Å². The van der Waals surface area contributed by atoms with Crippen LogP contribution in [0.4, 0.5) is 11.8 Å². The van der Waals surface area contributed by atoms with Crippen LogP contribution in [0.5, 0.6) is 5.75 Å². The normalized spacial score (nSPS) is 16.4. The first-order valence-electron chi connectivity index (χ1n) is 7.64. The summed E-state index contributed by atoms with van der Waals surface area (Å²) in [6.45, 7) is 4.39. The number of fused-ring (bicyclic) bond motifs is 1. The molecule has 0 aliphatic carbocycles. The summed E-state index contributed by atoms with van der Waals surface area (Å²) in [5, 5.41) is 10.1. The SMILES string of the molecule is COc1c(C)cnc(CN2c3nc(N)nc(Cl)c3CC2CO)c1C. The zero-order valence-electron chi connectivity index (χ0n) is 13.9. The summed E-state index contributed by atoms with van der Waals surface area (Å²) in [5.41, 5.74) is 9.35. The minimum Gasteiger partial charge on any atom is -0.496 e. The van der Waals surface area contributed by atoms with Crippen molar-refractivity contribution in [3.8, 4) is 5.75 Å². The largest absolute Gasteiger partial charge is 0.496 e. The molecule has 0 saturated carbocycles. The van der Waals surface area contributed by atoms with Crippen molar-refractivity contribution >= 4 is 23.4 Å². The number of nitrogens with zero attached hydrogens (tertiary/aromatic N) is 4. The quantitative estimate of drug-likeness (QED) is 0.810. The summed E-state index contributed by atoms with van der Waals surface area (Å²) in [5.74, 6) is 1.60. The van der Waals surface area contributed by atoms with Crippen LogP contribution in [0, 0.1) is 13.8 Å². The average Bonchev–Trinajstić information content (AvgIpc) is 2.89. The van der Waals surface area contributed by atoms with Gasteiger partial charge in [0.05, 0.1) is 32.0 Å². The van der Waals surface area contributed by atoms with Crippen molar-refractivity contribution < 1.29 is 9.84 Å². The van der Waals surface area contributed by atoms with Crippen molar-refractivity contribution in [3.63, 3.8) is 0 Å². The maximum Gasteiger partial charge on any atom is 0.223 e. The van der Waals surface area contributed by atoms with E-state index in [9.17, 15) is 5.11 Å². The molecule has 3 heterocycles. The molecule has 1 aliphatic heterocycles.